The average molecular weight is 426 g/mol. The molecular formula is C19H24ClN3O4S. The van der Waals surface area contributed by atoms with E-state index in [0.29, 0.717) is 13.1 Å². The van der Waals surface area contributed by atoms with E-state index in [9.17, 15) is 13.2 Å². The molecule has 0 spiro atoms. The second-order valence-corrected chi connectivity index (χ2v) is 8.84. The molecule has 3 N–H and O–H groups in total. The molecule has 1 aliphatic heterocycles. The minimum atomic E-state index is -3.97. The van der Waals surface area contributed by atoms with Crippen LogP contribution in [-0.2, 0) is 14.6 Å². The summed E-state index contributed by atoms with van der Waals surface area (Å²) >= 11 is 0. The summed E-state index contributed by atoms with van der Waals surface area (Å²) in [6.45, 7) is 0.781. The Morgan fingerprint density at radius 3 is 2.11 bits per heavy atom. The number of halogens is 1. The third kappa shape index (κ3) is 3.86. The van der Waals surface area contributed by atoms with Crippen molar-refractivity contribution < 1.29 is 18.4 Å². The smallest absolute Gasteiger partial charge is 0.265 e. The maximum atomic E-state index is 13.2. The van der Waals surface area contributed by atoms with Gasteiger partial charge in [0.05, 0.1) is 4.90 Å². The van der Waals surface area contributed by atoms with E-state index in [1.807, 2.05) is 42.3 Å². The van der Waals surface area contributed by atoms with Gasteiger partial charge in [0.2, 0.25) is 0 Å². The van der Waals surface area contributed by atoms with Crippen molar-refractivity contribution >= 4 is 39.5 Å². The maximum Gasteiger partial charge on any atom is 0.265 e. The highest BCUT2D eigenvalue weighted by atomic mass is 35.5. The second kappa shape index (κ2) is 8.91. The molecule has 28 heavy (non-hydrogen) atoms. The highest BCUT2D eigenvalue weighted by molar-refractivity contribution is 7.93. The third-order valence-electron chi connectivity index (χ3n) is 5.12. The van der Waals surface area contributed by atoms with E-state index in [0.717, 1.165) is 11.4 Å². The fraction of sp³-hybridized carbons (Fsp3) is 0.316. The van der Waals surface area contributed by atoms with Crippen molar-refractivity contribution in [2.24, 2.45) is 0 Å². The Kier molecular flexibility index (Phi) is 7.06. The lowest BCUT2D eigenvalue weighted by molar-refractivity contribution is -0.132. The van der Waals surface area contributed by atoms with Crippen molar-refractivity contribution in [2.75, 3.05) is 25.0 Å². The molecule has 2 aromatic rings. The summed E-state index contributed by atoms with van der Waals surface area (Å²) < 4.78 is 24.8. The van der Waals surface area contributed by atoms with E-state index in [-0.39, 0.29) is 30.1 Å². The van der Waals surface area contributed by atoms with Crippen molar-refractivity contribution in [3.63, 3.8) is 0 Å². The zero-order valence-corrected chi connectivity index (χ0v) is 17.1. The van der Waals surface area contributed by atoms with Crippen molar-refractivity contribution in [2.45, 2.75) is 22.5 Å². The first-order valence-corrected chi connectivity index (χ1v) is 10.2. The molecule has 1 amide bonds. The molecule has 0 bridgehead atoms. The van der Waals surface area contributed by atoms with Crippen LogP contribution >= 0.6 is 12.4 Å². The molecule has 0 radical (unpaired) electrons. The number of sulfone groups is 1. The number of hydroxylamine groups is 1. The van der Waals surface area contributed by atoms with E-state index in [2.05, 4.69) is 5.32 Å². The van der Waals surface area contributed by atoms with Gasteiger partial charge >= 0.3 is 0 Å². The minimum Gasteiger partial charge on any atom is -0.345 e. The van der Waals surface area contributed by atoms with Gasteiger partial charge in [0.25, 0.3) is 5.91 Å². The lowest BCUT2D eigenvalue weighted by Gasteiger charge is -2.34. The number of benzene rings is 2. The number of amides is 1. The number of nitrogens with one attached hydrogen (secondary N) is 2. The van der Waals surface area contributed by atoms with Crippen LogP contribution < -0.4 is 15.7 Å². The summed E-state index contributed by atoms with van der Waals surface area (Å²) in [6, 6.07) is 16.2. The summed E-state index contributed by atoms with van der Waals surface area (Å²) in [5.74, 6) is -0.880. The number of carbonyl (C=O) groups excluding carboxylic acids is 1. The molecule has 7 nitrogen and oxygen atoms in total. The molecule has 0 aliphatic carbocycles. The van der Waals surface area contributed by atoms with Crippen LogP contribution in [0.25, 0.3) is 0 Å². The van der Waals surface area contributed by atoms with Gasteiger partial charge in [0.1, 0.15) is 0 Å². The van der Waals surface area contributed by atoms with E-state index in [1.165, 1.54) is 12.1 Å². The fourth-order valence-electron chi connectivity index (χ4n) is 3.43. The van der Waals surface area contributed by atoms with Crippen molar-refractivity contribution in [1.29, 1.82) is 0 Å². The third-order valence-corrected chi connectivity index (χ3v) is 7.63. The summed E-state index contributed by atoms with van der Waals surface area (Å²) in [6.07, 6.45) is 0.209. The van der Waals surface area contributed by atoms with Gasteiger partial charge in [-0.15, -0.1) is 12.4 Å². The summed E-state index contributed by atoms with van der Waals surface area (Å²) in [4.78, 5) is 14.3. The lowest BCUT2D eigenvalue weighted by Crippen LogP contribution is -2.57. The highest BCUT2D eigenvalue weighted by Gasteiger charge is 2.51. The van der Waals surface area contributed by atoms with Crippen LogP contribution in [0, 0.1) is 0 Å². The fourth-order valence-corrected chi connectivity index (χ4v) is 5.40. The van der Waals surface area contributed by atoms with Crippen LogP contribution in [-0.4, -0.2) is 44.4 Å². The van der Waals surface area contributed by atoms with Crippen molar-refractivity contribution in [3.8, 4) is 0 Å². The van der Waals surface area contributed by atoms with Crippen LogP contribution in [0.15, 0.2) is 59.5 Å². The Hall–Kier alpha value is -2.13. The molecule has 152 valence electrons. The number of anilines is 2. The first-order valence-electron chi connectivity index (χ1n) is 8.71. The second-order valence-electron chi connectivity index (χ2n) is 6.58. The van der Waals surface area contributed by atoms with E-state index in [1.54, 1.807) is 17.6 Å². The molecule has 0 aromatic heterocycles. The highest BCUT2D eigenvalue weighted by Crippen LogP contribution is 2.35. The zero-order valence-electron chi connectivity index (χ0n) is 15.5. The van der Waals surface area contributed by atoms with Crippen molar-refractivity contribution in [1.82, 2.24) is 10.8 Å². The number of piperidine rings is 1. The molecule has 1 fully saturated rings. The van der Waals surface area contributed by atoms with Gasteiger partial charge in [0, 0.05) is 18.4 Å². The van der Waals surface area contributed by atoms with E-state index >= 15 is 0 Å². The zero-order chi connectivity index (χ0) is 19.5. The standard InChI is InChI=1S/C19H23N3O4S.ClH/c1-22(15-5-3-2-4-6-15)16-7-9-17(10-8-16)27(25,26)19(18(23)21-24)11-13-20-14-12-19;/h2-10,20,24H,11-14H2,1H3,(H,21,23);1H. The Morgan fingerprint density at radius 1 is 1.04 bits per heavy atom. The quantitative estimate of drug-likeness (QED) is 0.502. The van der Waals surface area contributed by atoms with Crippen LogP contribution in [0.5, 0.6) is 0 Å². The monoisotopic (exact) mass is 425 g/mol. The van der Waals surface area contributed by atoms with Gasteiger partial charge in [-0.1, -0.05) is 18.2 Å². The molecule has 1 heterocycles. The van der Waals surface area contributed by atoms with Crippen LogP contribution in [0.1, 0.15) is 12.8 Å². The molecule has 3 rings (SSSR count). The topological polar surface area (TPSA) is 98.7 Å². The molecule has 2 aromatic carbocycles. The molecule has 1 saturated heterocycles. The Morgan fingerprint density at radius 2 is 1.57 bits per heavy atom. The van der Waals surface area contributed by atoms with E-state index < -0.39 is 20.5 Å². The van der Waals surface area contributed by atoms with Gasteiger partial charge in [0.15, 0.2) is 14.6 Å². The Balaban J connectivity index is 0.00000280. The van der Waals surface area contributed by atoms with E-state index in [4.69, 9.17) is 5.21 Å². The van der Waals surface area contributed by atoms with Crippen LogP contribution in [0.3, 0.4) is 0 Å². The number of hydrogen-bond acceptors (Lipinski definition) is 6. The summed E-state index contributed by atoms with van der Waals surface area (Å²) in [5, 5.41) is 12.2. The number of hydrogen-bond donors (Lipinski definition) is 3. The normalized spacial score (nSPS) is 15.9. The van der Waals surface area contributed by atoms with Crippen molar-refractivity contribution in [3.05, 3.63) is 54.6 Å². The first-order chi connectivity index (χ1) is 12.9. The van der Waals surface area contributed by atoms with Gasteiger partial charge in [-0.3, -0.25) is 10.0 Å². The maximum absolute atomic E-state index is 13.2. The Bertz CT molecular complexity index is 899. The number of nitrogens with zero attached hydrogens (tertiary/aromatic N) is 1. The largest absolute Gasteiger partial charge is 0.345 e. The van der Waals surface area contributed by atoms with Crippen LogP contribution in [0.2, 0.25) is 0 Å². The molecule has 0 atom stereocenters. The molecule has 1 aliphatic rings. The predicted molar refractivity (Wildman–Crippen MR) is 110 cm³/mol. The molecular weight excluding hydrogens is 402 g/mol. The van der Waals surface area contributed by atoms with Gasteiger partial charge in [-0.05, 0) is 62.3 Å². The van der Waals surface area contributed by atoms with Crippen LogP contribution in [0.4, 0.5) is 11.4 Å². The SMILES string of the molecule is CN(c1ccccc1)c1ccc(S(=O)(=O)C2(C(=O)NO)CCNCC2)cc1.Cl. The minimum absolute atomic E-state index is 0. The Labute approximate surface area is 171 Å². The lowest BCUT2D eigenvalue weighted by atomic mass is 9.96. The molecule has 0 saturated carbocycles. The summed E-state index contributed by atoms with van der Waals surface area (Å²) in [5.41, 5.74) is 3.35. The average Bonchev–Trinajstić information content (AvgIpc) is 2.73. The first kappa shape index (κ1) is 22.2. The van der Waals surface area contributed by atoms with Gasteiger partial charge in [-0.25, -0.2) is 13.9 Å². The number of rotatable bonds is 5. The molecule has 9 heteroatoms. The summed E-state index contributed by atoms with van der Waals surface area (Å²) in [7, 11) is -2.08. The molecule has 0 unspecified atom stereocenters. The van der Waals surface area contributed by atoms with Gasteiger partial charge in [-0.2, -0.15) is 0 Å². The van der Waals surface area contributed by atoms with Gasteiger partial charge < -0.3 is 10.2 Å². The number of carbonyl (C=O) groups is 1. The number of para-hydroxylation sites is 1. The predicted octanol–water partition coefficient (Wildman–Crippen LogP) is 2.28.